The van der Waals surface area contributed by atoms with Gasteiger partial charge in [0.2, 0.25) is 0 Å². The summed E-state index contributed by atoms with van der Waals surface area (Å²) < 4.78 is 14.9. The Morgan fingerprint density at radius 1 is 1.00 bits per heavy atom. The predicted octanol–water partition coefficient (Wildman–Crippen LogP) is 3.11. The number of amides is 2. The SMILES string of the molecule is NC(=O)N1CCN(c2nc(CCCN[C@@H]3C[C@H]3c3ccc(F)cc3)cn(-c3ccc(-c4ncccn4)cc3)c2=O)CC1. The summed E-state index contributed by atoms with van der Waals surface area (Å²) in [5, 5.41) is 3.60. The summed E-state index contributed by atoms with van der Waals surface area (Å²) in [6.07, 6.45) is 7.78. The van der Waals surface area contributed by atoms with Crippen LogP contribution in [-0.2, 0) is 6.42 Å². The Hall–Kier alpha value is -4.64. The van der Waals surface area contributed by atoms with Gasteiger partial charge < -0.3 is 20.9 Å². The number of carbonyl (C=O) groups is 1. The van der Waals surface area contributed by atoms with E-state index < -0.39 is 6.03 Å². The third kappa shape index (κ3) is 6.15. The first kappa shape index (κ1) is 27.5. The zero-order valence-corrected chi connectivity index (χ0v) is 23.2. The summed E-state index contributed by atoms with van der Waals surface area (Å²) in [7, 11) is 0. The molecule has 2 aromatic heterocycles. The molecule has 11 heteroatoms. The highest BCUT2D eigenvalue weighted by Crippen LogP contribution is 2.40. The van der Waals surface area contributed by atoms with E-state index in [1.54, 1.807) is 27.9 Å². The molecule has 42 heavy (non-hydrogen) atoms. The van der Waals surface area contributed by atoms with Crippen molar-refractivity contribution >= 4 is 11.8 Å². The summed E-state index contributed by atoms with van der Waals surface area (Å²) >= 11 is 0. The minimum Gasteiger partial charge on any atom is -0.351 e. The first-order valence-corrected chi connectivity index (χ1v) is 14.2. The van der Waals surface area contributed by atoms with Crippen molar-refractivity contribution in [3.8, 4) is 17.1 Å². The van der Waals surface area contributed by atoms with Gasteiger partial charge in [-0.2, -0.15) is 0 Å². The maximum atomic E-state index is 13.7. The Balaban J connectivity index is 1.18. The lowest BCUT2D eigenvalue weighted by atomic mass is 10.1. The van der Waals surface area contributed by atoms with E-state index in [1.807, 2.05) is 47.5 Å². The number of anilines is 1. The Labute approximate surface area is 243 Å². The normalized spacial score (nSPS) is 18.2. The summed E-state index contributed by atoms with van der Waals surface area (Å²) in [5.74, 6) is 1.19. The largest absolute Gasteiger partial charge is 0.351 e. The standard InChI is InChI=1S/C31H33FN8O2/c32-23-8-4-21(5-9-23)26-19-27(26)34-12-1-3-24-20-40(25-10-6-22(7-11-25)28-35-13-2-14-36-28)30(41)29(37-24)38-15-17-39(18-16-38)31(33)42/h2,4-11,13-14,20,26-27,34H,1,3,12,15-19H2,(H2,33,42)/t26-,27+/m0/s1. The van der Waals surface area contributed by atoms with E-state index >= 15 is 0 Å². The highest BCUT2D eigenvalue weighted by molar-refractivity contribution is 5.72. The number of carbonyl (C=O) groups excluding carboxylic acids is 1. The first-order chi connectivity index (χ1) is 20.5. The second-order valence-electron chi connectivity index (χ2n) is 10.7. The number of hydrogen-bond donors (Lipinski definition) is 2. The second kappa shape index (κ2) is 12.1. The Morgan fingerprint density at radius 2 is 1.71 bits per heavy atom. The van der Waals surface area contributed by atoms with Gasteiger partial charge >= 0.3 is 6.03 Å². The molecule has 0 bridgehead atoms. The average Bonchev–Trinajstić information content (AvgIpc) is 3.80. The Morgan fingerprint density at radius 3 is 2.40 bits per heavy atom. The van der Waals surface area contributed by atoms with Crippen LogP contribution in [0.3, 0.4) is 0 Å². The highest BCUT2D eigenvalue weighted by atomic mass is 19.1. The van der Waals surface area contributed by atoms with Gasteiger partial charge in [0, 0.05) is 68.0 Å². The first-order valence-electron chi connectivity index (χ1n) is 14.2. The number of rotatable bonds is 9. The topological polar surface area (TPSA) is 122 Å². The summed E-state index contributed by atoms with van der Waals surface area (Å²) in [6, 6.07) is 16.0. The predicted molar refractivity (Wildman–Crippen MR) is 158 cm³/mol. The maximum Gasteiger partial charge on any atom is 0.314 e. The van der Waals surface area contributed by atoms with E-state index in [2.05, 4.69) is 15.3 Å². The van der Waals surface area contributed by atoms with Gasteiger partial charge in [0.15, 0.2) is 11.6 Å². The van der Waals surface area contributed by atoms with Crippen LogP contribution >= 0.6 is 0 Å². The van der Waals surface area contributed by atoms with E-state index in [4.69, 9.17) is 10.7 Å². The number of halogens is 1. The van der Waals surface area contributed by atoms with Gasteiger partial charge in [-0.05, 0) is 73.8 Å². The molecule has 2 amide bonds. The molecule has 3 heterocycles. The summed E-state index contributed by atoms with van der Waals surface area (Å²) in [4.78, 5) is 42.2. The number of primary amides is 1. The number of aryl methyl sites for hydroxylation is 1. The minimum atomic E-state index is -0.457. The van der Waals surface area contributed by atoms with E-state index in [1.165, 1.54) is 12.1 Å². The Kier molecular flexibility index (Phi) is 7.91. The molecule has 10 nitrogen and oxygen atoms in total. The fourth-order valence-electron chi connectivity index (χ4n) is 5.46. The van der Waals surface area contributed by atoms with Crippen LogP contribution in [0.25, 0.3) is 17.1 Å². The van der Waals surface area contributed by atoms with Gasteiger partial charge in [0.1, 0.15) is 5.82 Å². The van der Waals surface area contributed by atoms with Gasteiger partial charge in [0.05, 0.1) is 5.69 Å². The molecule has 2 atom stereocenters. The lowest BCUT2D eigenvalue weighted by molar-refractivity contribution is 0.204. The quantitative estimate of drug-likeness (QED) is 0.298. The molecular formula is C31H33FN8O2. The molecule has 216 valence electrons. The number of nitrogens with zero attached hydrogens (tertiary/aromatic N) is 6. The molecule has 0 spiro atoms. The van der Waals surface area contributed by atoms with E-state index in [9.17, 15) is 14.0 Å². The maximum absolute atomic E-state index is 13.7. The minimum absolute atomic E-state index is 0.215. The van der Waals surface area contributed by atoms with Crippen LogP contribution in [0.1, 0.15) is 30.0 Å². The monoisotopic (exact) mass is 568 g/mol. The fourth-order valence-corrected chi connectivity index (χ4v) is 5.46. The smallest absolute Gasteiger partial charge is 0.314 e. The molecule has 2 aliphatic rings. The van der Waals surface area contributed by atoms with Crippen molar-refractivity contribution in [2.45, 2.75) is 31.2 Å². The highest BCUT2D eigenvalue weighted by Gasteiger charge is 2.37. The number of nitrogens with one attached hydrogen (secondary N) is 1. The zero-order valence-electron chi connectivity index (χ0n) is 23.2. The van der Waals surface area contributed by atoms with Crippen LogP contribution in [0.4, 0.5) is 15.0 Å². The van der Waals surface area contributed by atoms with Crippen LogP contribution in [0.2, 0.25) is 0 Å². The second-order valence-corrected chi connectivity index (χ2v) is 10.7. The molecule has 6 rings (SSSR count). The molecular weight excluding hydrogens is 535 g/mol. The van der Waals surface area contributed by atoms with E-state index in [0.29, 0.717) is 56.2 Å². The number of hydrogen-bond acceptors (Lipinski definition) is 7. The molecule has 0 unspecified atom stereocenters. The number of aromatic nitrogens is 4. The molecule has 0 radical (unpaired) electrons. The molecule has 1 aliphatic heterocycles. The number of nitrogens with two attached hydrogens (primary N) is 1. The molecule has 2 fully saturated rings. The third-order valence-corrected chi connectivity index (χ3v) is 7.90. The van der Waals surface area contributed by atoms with Crippen LogP contribution in [-0.4, -0.2) is 69.2 Å². The van der Waals surface area contributed by atoms with Crippen molar-refractivity contribution in [1.82, 2.24) is 29.7 Å². The Bertz CT molecular complexity index is 1590. The lowest BCUT2D eigenvalue weighted by Gasteiger charge is -2.34. The van der Waals surface area contributed by atoms with E-state index in [-0.39, 0.29) is 11.4 Å². The molecule has 1 aliphatic carbocycles. The van der Waals surface area contributed by atoms with Gasteiger partial charge in [-0.1, -0.05) is 12.1 Å². The van der Waals surface area contributed by atoms with Crippen LogP contribution in [0, 0.1) is 5.82 Å². The van der Waals surface area contributed by atoms with Crippen LogP contribution in [0.15, 0.2) is 78.0 Å². The summed E-state index contributed by atoms with van der Waals surface area (Å²) in [5.41, 5.74) is 8.79. The van der Waals surface area contributed by atoms with Gasteiger partial charge in [-0.25, -0.2) is 24.1 Å². The average molecular weight is 569 g/mol. The number of piperazine rings is 1. The number of benzene rings is 2. The van der Waals surface area contributed by atoms with Crippen molar-refractivity contribution < 1.29 is 9.18 Å². The van der Waals surface area contributed by atoms with Crippen LogP contribution in [0.5, 0.6) is 0 Å². The lowest BCUT2D eigenvalue weighted by Crippen LogP contribution is -2.52. The molecule has 2 aromatic carbocycles. The summed E-state index contributed by atoms with van der Waals surface area (Å²) in [6.45, 7) is 2.64. The third-order valence-electron chi connectivity index (χ3n) is 7.90. The van der Waals surface area contributed by atoms with Gasteiger partial charge in [-0.15, -0.1) is 0 Å². The van der Waals surface area contributed by atoms with Crippen molar-refractivity contribution in [2.24, 2.45) is 5.73 Å². The van der Waals surface area contributed by atoms with Crippen molar-refractivity contribution in [1.29, 1.82) is 0 Å². The molecule has 3 N–H and O–H groups in total. The van der Waals surface area contributed by atoms with Gasteiger partial charge in [-0.3, -0.25) is 9.36 Å². The zero-order chi connectivity index (χ0) is 29.1. The number of urea groups is 1. The molecule has 1 saturated heterocycles. The van der Waals surface area contributed by atoms with Crippen molar-refractivity contribution in [2.75, 3.05) is 37.6 Å². The molecule has 1 saturated carbocycles. The van der Waals surface area contributed by atoms with Crippen molar-refractivity contribution in [3.63, 3.8) is 0 Å². The molecule has 4 aromatic rings. The van der Waals surface area contributed by atoms with E-state index in [0.717, 1.165) is 41.9 Å². The van der Waals surface area contributed by atoms with Gasteiger partial charge in [0.25, 0.3) is 5.56 Å². The fraction of sp³-hybridized carbons (Fsp3) is 0.323. The van der Waals surface area contributed by atoms with Crippen molar-refractivity contribution in [3.05, 3.63) is 101 Å². The van der Waals surface area contributed by atoms with Crippen LogP contribution < -0.4 is 21.5 Å².